The Balaban J connectivity index is 2.73. The van der Waals surface area contributed by atoms with Gasteiger partial charge in [0.2, 0.25) is 0 Å². The second-order valence-corrected chi connectivity index (χ2v) is 6.11. The van der Waals surface area contributed by atoms with Gasteiger partial charge in [-0.1, -0.05) is 27.7 Å². The number of hydrogen-bond acceptors (Lipinski definition) is 0. The molecule has 3 atom stereocenters. The summed E-state index contributed by atoms with van der Waals surface area (Å²) in [4.78, 5) is 0. The van der Waals surface area contributed by atoms with Gasteiger partial charge >= 0.3 is 6.18 Å². The van der Waals surface area contributed by atoms with E-state index in [1.165, 1.54) is 0 Å². The molecular weight excluding hydrogens is 201 g/mol. The maximum Gasteiger partial charge on any atom is 0.391 e. The molecule has 15 heavy (non-hydrogen) atoms. The summed E-state index contributed by atoms with van der Waals surface area (Å²) >= 11 is 0. The number of hydrogen-bond donors (Lipinski definition) is 0. The van der Waals surface area contributed by atoms with Gasteiger partial charge in [-0.25, -0.2) is 0 Å². The third kappa shape index (κ3) is 3.39. The van der Waals surface area contributed by atoms with Gasteiger partial charge in [0.15, 0.2) is 0 Å². The molecule has 1 aliphatic rings. The highest BCUT2D eigenvalue weighted by Crippen LogP contribution is 2.47. The van der Waals surface area contributed by atoms with Crippen molar-refractivity contribution in [1.82, 2.24) is 0 Å². The molecule has 0 spiro atoms. The van der Waals surface area contributed by atoms with Crippen molar-refractivity contribution < 1.29 is 13.2 Å². The van der Waals surface area contributed by atoms with Crippen molar-refractivity contribution in [3.8, 4) is 0 Å². The summed E-state index contributed by atoms with van der Waals surface area (Å²) in [5.41, 5.74) is -0.00181. The minimum Gasteiger partial charge on any atom is -0.171 e. The van der Waals surface area contributed by atoms with Crippen LogP contribution in [0.25, 0.3) is 0 Å². The summed E-state index contributed by atoms with van der Waals surface area (Å²) < 4.78 is 38.0. The molecule has 0 aromatic carbocycles. The molecule has 0 radical (unpaired) electrons. The van der Waals surface area contributed by atoms with Crippen molar-refractivity contribution in [1.29, 1.82) is 0 Å². The lowest BCUT2D eigenvalue weighted by Crippen LogP contribution is -2.36. The normalized spacial score (nSPS) is 34.2. The van der Waals surface area contributed by atoms with Crippen LogP contribution in [0.2, 0.25) is 0 Å². The van der Waals surface area contributed by atoms with Crippen LogP contribution in [0, 0.1) is 23.2 Å². The molecule has 0 nitrogen and oxygen atoms in total. The van der Waals surface area contributed by atoms with E-state index in [4.69, 9.17) is 0 Å². The van der Waals surface area contributed by atoms with E-state index in [-0.39, 0.29) is 17.3 Å². The van der Waals surface area contributed by atoms with Crippen LogP contribution in [0.3, 0.4) is 0 Å². The van der Waals surface area contributed by atoms with Crippen LogP contribution in [0.5, 0.6) is 0 Å². The molecule has 0 amide bonds. The minimum absolute atomic E-state index is 0.00181. The Morgan fingerprint density at radius 1 is 0.867 bits per heavy atom. The topological polar surface area (TPSA) is 0 Å². The largest absolute Gasteiger partial charge is 0.391 e. The second kappa shape index (κ2) is 3.99. The molecule has 0 aromatic heterocycles. The average Bonchev–Trinajstić information content (AvgIpc) is 1.99. The molecular formula is C12H21F3. The third-order valence-corrected chi connectivity index (χ3v) is 3.63. The fourth-order valence-corrected chi connectivity index (χ4v) is 2.58. The SMILES string of the molecule is CC1CC(C(C)(C)C)CC(C(F)(F)F)C1. The molecule has 0 N–H and O–H groups in total. The second-order valence-electron chi connectivity index (χ2n) is 6.11. The summed E-state index contributed by atoms with van der Waals surface area (Å²) in [5.74, 6) is -0.673. The molecule has 1 fully saturated rings. The van der Waals surface area contributed by atoms with E-state index in [0.29, 0.717) is 12.8 Å². The molecule has 1 saturated carbocycles. The standard InChI is InChI=1S/C12H21F3/c1-8-5-9(11(2,3)4)7-10(6-8)12(13,14)15/h8-10H,5-7H2,1-4H3. The van der Waals surface area contributed by atoms with E-state index in [0.717, 1.165) is 6.42 Å². The number of alkyl halides is 3. The van der Waals surface area contributed by atoms with Gasteiger partial charge in [-0.3, -0.25) is 0 Å². The van der Waals surface area contributed by atoms with Crippen LogP contribution >= 0.6 is 0 Å². The van der Waals surface area contributed by atoms with Crippen molar-refractivity contribution >= 4 is 0 Å². The Morgan fingerprint density at radius 2 is 1.33 bits per heavy atom. The first-order chi connectivity index (χ1) is 6.60. The van der Waals surface area contributed by atoms with Crippen molar-refractivity contribution in [2.45, 2.75) is 53.1 Å². The van der Waals surface area contributed by atoms with Crippen molar-refractivity contribution in [2.75, 3.05) is 0 Å². The van der Waals surface area contributed by atoms with Crippen LogP contribution in [0.4, 0.5) is 13.2 Å². The molecule has 3 unspecified atom stereocenters. The average molecular weight is 222 g/mol. The first-order valence-electron chi connectivity index (χ1n) is 5.67. The van der Waals surface area contributed by atoms with Gasteiger partial charge in [-0.2, -0.15) is 13.2 Å². The van der Waals surface area contributed by atoms with Crippen LogP contribution in [-0.4, -0.2) is 6.18 Å². The molecule has 0 aliphatic heterocycles. The Hall–Kier alpha value is -0.210. The quantitative estimate of drug-likeness (QED) is 0.559. The lowest BCUT2D eigenvalue weighted by Gasteiger charge is -2.41. The molecule has 90 valence electrons. The van der Waals surface area contributed by atoms with Gasteiger partial charge in [0.25, 0.3) is 0 Å². The van der Waals surface area contributed by atoms with E-state index in [1.807, 2.05) is 27.7 Å². The maximum atomic E-state index is 12.7. The van der Waals surface area contributed by atoms with E-state index >= 15 is 0 Å². The minimum atomic E-state index is -4.00. The highest BCUT2D eigenvalue weighted by Gasteiger charge is 2.45. The Labute approximate surface area is 90.2 Å². The molecule has 0 saturated heterocycles. The monoisotopic (exact) mass is 222 g/mol. The van der Waals surface area contributed by atoms with Crippen LogP contribution < -0.4 is 0 Å². The lowest BCUT2D eigenvalue weighted by molar-refractivity contribution is -0.193. The van der Waals surface area contributed by atoms with Gasteiger partial charge in [-0.05, 0) is 36.5 Å². The lowest BCUT2D eigenvalue weighted by atomic mass is 9.66. The van der Waals surface area contributed by atoms with Crippen molar-refractivity contribution in [3.05, 3.63) is 0 Å². The summed E-state index contributed by atoms with van der Waals surface area (Å²) in [6, 6.07) is 0. The van der Waals surface area contributed by atoms with Gasteiger partial charge in [0.1, 0.15) is 0 Å². The van der Waals surface area contributed by atoms with Crippen molar-refractivity contribution in [2.24, 2.45) is 23.2 Å². The van der Waals surface area contributed by atoms with Gasteiger partial charge in [0.05, 0.1) is 5.92 Å². The van der Waals surface area contributed by atoms with E-state index in [2.05, 4.69) is 0 Å². The zero-order valence-corrected chi connectivity index (χ0v) is 9.99. The predicted molar refractivity (Wildman–Crippen MR) is 55.5 cm³/mol. The summed E-state index contributed by atoms with van der Waals surface area (Å²) in [6.07, 6.45) is -2.43. The van der Waals surface area contributed by atoms with Crippen LogP contribution in [0.15, 0.2) is 0 Å². The molecule has 1 aliphatic carbocycles. The Morgan fingerprint density at radius 3 is 1.73 bits per heavy atom. The van der Waals surface area contributed by atoms with Gasteiger partial charge in [-0.15, -0.1) is 0 Å². The number of rotatable bonds is 0. The Kier molecular flexibility index (Phi) is 3.42. The van der Waals surface area contributed by atoms with Crippen LogP contribution in [0.1, 0.15) is 47.0 Å². The van der Waals surface area contributed by atoms with E-state index < -0.39 is 12.1 Å². The smallest absolute Gasteiger partial charge is 0.171 e. The van der Waals surface area contributed by atoms with E-state index in [9.17, 15) is 13.2 Å². The first kappa shape index (κ1) is 12.9. The highest BCUT2D eigenvalue weighted by atomic mass is 19.4. The fourth-order valence-electron chi connectivity index (χ4n) is 2.58. The fraction of sp³-hybridized carbons (Fsp3) is 1.00. The summed E-state index contributed by atoms with van der Waals surface area (Å²) in [7, 11) is 0. The van der Waals surface area contributed by atoms with Gasteiger partial charge in [0, 0.05) is 0 Å². The molecule has 0 bridgehead atoms. The summed E-state index contributed by atoms with van der Waals surface area (Å²) in [6.45, 7) is 8.08. The first-order valence-corrected chi connectivity index (χ1v) is 5.67. The predicted octanol–water partition coefficient (Wildman–Crippen LogP) is 4.65. The highest BCUT2D eigenvalue weighted by molar-refractivity contribution is 4.86. The molecule has 1 rings (SSSR count). The summed E-state index contributed by atoms with van der Waals surface area (Å²) in [5, 5.41) is 0. The third-order valence-electron chi connectivity index (χ3n) is 3.63. The Bertz CT molecular complexity index is 190. The zero-order valence-electron chi connectivity index (χ0n) is 9.99. The van der Waals surface area contributed by atoms with E-state index in [1.54, 1.807) is 0 Å². The molecule has 0 aromatic rings. The van der Waals surface area contributed by atoms with Crippen molar-refractivity contribution in [3.63, 3.8) is 0 Å². The maximum absolute atomic E-state index is 12.7. The van der Waals surface area contributed by atoms with Gasteiger partial charge < -0.3 is 0 Å². The molecule has 0 heterocycles. The number of halogens is 3. The zero-order chi connectivity index (χ0) is 11.9. The van der Waals surface area contributed by atoms with Crippen LogP contribution in [-0.2, 0) is 0 Å². The molecule has 3 heteroatoms.